The first-order valence-electron chi connectivity index (χ1n) is 7.28. The Morgan fingerprint density at radius 2 is 2.16 bits per heavy atom. The van der Waals surface area contributed by atoms with Crippen LogP contribution in [0.3, 0.4) is 0 Å². The third-order valence-corrected chi connectivity index (χ3v) is 3.74. The van der Waals surface area contributed by atoms with E-state index in [1.54, 1.807) is 0 Å². The monoisotopic (exact) mass is 263 g/mol. The van der Waals surface area contributed by atoms with Gasteiger partial charge in [-0.2, -0.15) is 0 Å². The highest BCUT2D eigenvalue weighted by Gasteiger charge is 2.15. The topological polar surface area (TPSA) is 30.5 Å². The Morgan fingerprint density at radius 1 is 1.37 bits per heavy atom. The van der Waals surface area contributed by atoms with E-state index in [4.69, 9.17) is 9.47 Å². The Kier molecular flexibility index (Phi) is 5.67. The van der Waals surface area contributed by atoms with Crippen LogP contribution in [0.1, 0.15) is 31.7 Å². The van der Waals surface area contributed by atoms with Crippen molar-refractivity contribution in [1.82, 2.24) is 5.32 Å². The molecule has 3 nitrogen and oxygen atoms in total. The molecule has 1 aromatic carbocycles. The van der Waals surface area contributed by atoms with Crippen molar-refractivity contribution >= 4 is 0 Å². The van der Waals surface area contributed by atoms with Gasteiger partial charge in [-0.3, -0.25) is 0 Å². The molecule has 106 valence electrons. The molecule has 0 spiro atoms. The van der Waals surface area contributed by atoms with Crippen molar-refractivity contribution in [3.63, 3.8) is 0 Å². The number of hydrogen-bond donors (Lipinski definition) is 1. The highest BCUT2D eigenvalue weighted by molar-refractivity contribution is 5.27. The van der Waals surface area contributed by atoms with Crippen LogP contribution >= 0.6 is 0 Å². The SMILES string of the molecule is CNC(C)CCc1ccc(OCC2CCCO2)cc1. The molecule has 0 amide bonds. The zero-order chi connectivity index (χ0) is 13.5. The number of hydrogen-bond acceptors (Lipinski definition) is 3. The van der Waals surface area contributed by atoms with Crippen LogP contribution in [0.4, 0.5) is 0 Å². The second-order valence-corrected chi connectivity index (χ2v) is 5.32. The van der Waals surface area contributed by atoms with E-state index in [2.05, 4.69) is 36.5 Å². The van der Waals surface area contributed by atoms with Crippen LogP contribution in [-0.4, -0.2) is 32.4 Å². The molecular formula is C16H25NO2. The van der Waals surface area contributed by atoms with Gasteiger partial charge in [0.15, 0.2) is 0 Å². The maximum absolute atomic E-state index is 5.75. The van der Waals surface area contributed by atoms with Crippen molar-refractivity contribution in [3.8, 4) is 5.75 Å². The summed E-state index contributed by atoms with van der Waals surface area (Å²) in [4.78, 5) is 0. The Hall–Kier alpha value is -1.06. The molecule has 0 radical (unpaired) electrons. The third-order valence-electron chi connectivity index (χ3n) is 3.74. The van der Waals surface area contributed by atoms with Crippen LogP contribution in [0.5, 0.6) is 5.75 Å². The number of benzene rings is 1. The molecule has 1 heterocycles. The molecule has 0 aromatic heterocycles. The summed E-state index contributed by atoms with van der Waals surface area (Å²) < 4.78 is 11.3. The van der Waals surface area contributed by atoms with Gasteiger partial charge in [0.05, 0.1) is 6.10 Å². The Balaban J connectivity index is 1.74. The van der Waals surface area contributed by atoms with Crippen LogP contribution in [0.15, 0.2) is 24.3 Å². The first-order chi connectivity index (χ1) is 9.28. The van der Waals surface area contributed by atoms with Crippen molar-refractivity contribution in [3.05, 3.63) is 29.8 Å². The fourth-order valence-corrected chi connectivity index (χ4v) is 2.24. The van der Waals surface area contributed by atoms with Gasteiger partial charge in [-0.05, 0) is 57.4 Å². The van der Waals surface area contributed by atoms with Gasteiger partial charge in [-0.25, -0.2) is 0 Å². The van der Waals surface area contributed by atoms with Crippen LogP contribution in [0.25, 0.3) is 0 Å². The van der Waals surface area contributed by atoms with Gasteiger partial charge in [0.25, 0.3) is 0 Å². The van der Waals surface area contributed by atoms with Crippen LogP contribution in [0, 0.1) is 0 Å². The first kappa shape index (κ1) is 14.4. The van der Waals surface area contributed by atoms with Crippen molar-refractivity contribution in [2.24, 2.45) is 0 Å². The average molecular weight is 263 g/mol. The summed E-state index contributed by atoms with van der Waals surface area (Å²) in [6.07, 6.45) is 4.84. The smallest absolute Gasteiger partial charge is 0.119 e. The summed E-state index contributed by atoms with van der Waals surface area (Å²) in [6, 6.07) is 9.01. The highest BCUT2D eigenvalue weighted by Crippen LogP contribution is 2.17. The number of nitrogens with one attached hydrogen (secondary N) is 1. The first-order valence-corrected chi connectivity index (χ1v) is 7.28. The predicted octanol–water partition coefficient (Wildman–Crippen LogP) is 2.78. The standard InChI is InChI=1S/C16H25NO2/c1-13(17-2)5-6-14-7-9-15(10-8-14)19-12-16-4-3-11-18-16/h7-10,13,16-17H,3-6,11-12H2,1-2H3. The third kappa shape index (κ3) is 4.84. The molecule has 19 heavy (non-hydrogen) atoms. The molecular weight excluding hydrogens is 238 g/mol. The van der Waals surface area contributed by atoms with E-state index in [0.717, 1.165) is 38.0 Å². The lowest BCUT2D eigenvalue weighted by molar-refractivity contribution is 0.0679. The Morgan fingerprint density at radius 3 is 2.79 bits per heavy atom. The number of aryl methyl sites for hydroxylation is 1. The number of ether oxygens (including phenoxy) is 2. The molecule has 1 aliphatic heterocycles. The quantitative estimate of drug-likeness (QED) is 0.820. The van der Waals surface area contributed by atoms with Gasteiger partial charge < -0.3 is 14.8 Å². The summed E-state index contributed by atoms with van der Waals surface area (Å²) in [5, 5.41) is 3.26. The van der Waals surface area contributed by atoms with E-state index in [0.29, 0.717) is 12.6 Å². The largest absolute Gasteiger partial charge is 0.491 e. The minimum atomic E-state index is 0.288. The zero-order valence-corrected chi connectivity index (χ0v) is 12.0. The lowest BCUT2D eigenvalue weighted by Crippen LogP contribution is -2.21. The van der Waals surface area contributed by atoms with E-state index >= 15 is 0 Å². The second-order valence-electron chi connectivity index (χ2n) is 5.32. The van der Waals surface area contributed by atoms with Crippen molar-refractivity contribution < 1.29 is 9.47 Å². The molecule has 2 rings (SSSR count). The molecule has 1 aliphatic rings. The fraction of sp³-hybridized carbons (Fsp3) is 0.625. The Bertz CT molecular complexity index is 358. The molecule has 1 N–H and O–H groups in total. The summed E-state index contributed by atoms with van der Waals surface area (Å²) >= 11 is 0. The van der Waals surface area contributed by atoms with Crippen LogP contribution in [-0.2, 0) is 11.2 Å². The molecule has 1 aromatic rings. The maximum atomic E-state index is 5.75. The van der Waals surface area contributed by atoms with Crippen molar-refractivity contribution in [2.75, 3.05) is 20.3 Å². The van der Waals surface area contributed by atoms with Crippen LogP contribution in [0.2, 0.25) is 0 Å². The lowest BCUT2D eigenvalue weighted by atomic mass is 10.1. The normalized spacial score (nSPS) is 20.4. The van der Waals surface area contributed by atoms with Crippen molar-refractivity contribution in [1.29, 1.82) is 0 Å². The van der Waals surface area contributed by atoms with Gasteiger partial charge in [0, 0.05) is 12.6 Å². The lowest BCUT2D eigenvalue weighted by Gasteiger charge is -2.12. The molecule has 2 atom stereocenters. The van der Waals surface area contributed by atoms with Gasteiger partial charge in [-0.1, -0.05) is 12.1 Å². The van der Waals surface area contributed by atoms with E-state index in [1.807, 2.05) is 7.05 Å². The molecule has 0 saturated carbocycles. The van der Waals surface area contributed by atoms with E-state index in [9.17, 15) is 0 Å². The minimum absolute atomic E-state index is 0.288. The minimum Gasteiger partial charge on any atom is -0.491 e. The molecule has 0 bridgehead atoms. The van der Waals surface area contributed by atoms with Gasteiger partial charge in [-0.15, -0.1) is 0 Å². The van der Waals surface area contributed by atoms with Gasteiger partial charge in [0.1, 0.15) is 12.4 Å². The van der Waals surface area contributed by atoms with E-state index in [1.165, 1.54) is 5.56 Å². The van der Waals surface area contributed by atoms with Crippen molar-refractivity contribution in [2.45, 2.75) is 44.8 Å². The summed E-state index contributed by atoms with van der Waals surface area (Å²) in [5.74, 6) is 0.945. The van der Waals surface area contributed by atoms with Gasteiger partial charge in [0.2, 0.25) is 0 Å². The Labute approximate surface area is 116 Å². The second kappa shape index (κ2) is 7.51. The fourth-order valence-electron chi connectivity index (χ4n) is 2.24. The zero-order valence-electron chi connectivity index (χ0n) is 12.0. The summed E-state index contributed by atoms with van der Waals surface area (Å²) in [6.45, 7) is 3.77. The summed E-state index contributed by atoms with van der Waals surface area (Å²) in [5.41, 5.74) is 1.37. The maximum Gasteiger partial charge on any atom is 0.119 e. The molecule has 2 unspecified atom stereocenters. The molecule has 1 fully saturated rings. The molecule has 3 heteroatoms. The van der Waals surface area contributed by atoms with Crippen LogP contribution < -0.4 is 10.1 Å². The highest BCUT2D eigenvalue weighted by atomic mass is 16.5. The predicted molar refractivity (Wildman–Crippen MR) is 77.8 cm³/mol. The summed E-state index contributed by atoms with van der Waals surface area (Å²) in [7, 11) is 2.01. The molecule has 0 aliphatic carbocycles. The van der Waals surface area contributed by atoms with E-state index < -0.39 is 0 Å². The molecule has 1 saturated heterocycles. The number of rotatable bonds is 7. The van der Waals surface area contributed by atoms with Gasteiger partial charge >= 0.3 is 0 Å². The van der Waals surface area contributed by atoms with E-state index in [-0.39, 0.29) is 6.10 Å². The average Bonchev–Trinajstić information content (AvgIpc) is 2.97.